The van der Waals surface area contributed by atoms with Crippen LogP contribution in [0.5, 0.6) is 0 Å². The normalized spacial score (nSPS) is 15.5. The first-order chi connectivity index (χ1) is 11.6. The molecule has 0 saturated carbocycles. The summed E-state index contributed by atoms with van der Waals surface area (Å²) in [4.78, 5) is 16.8. The lowest BCUT2D eigenvalue weighted by Crippen LogP contribution is -2.48. The van der Waals surface area contributed by atoms with Gasteiger partial charge in [0.15, 0.2) is 0 Å². The lowest BCUT2D eigenvalue weighted by atomic mass is 10.1. The number of nitrogens with zero attached hydrogens (tertiary/aromatic N) is 2. The van der Waals surface area contributed by atoms with Crippen LogP contribution in [0.4, 0.5) is 0 Å². The van der Waals surface area contributed by atoms with E-state index in [4.69, 9.17) is 23.2 Å². The molecule has 0 aliphatic carbocycles. The van der Waals surface area contributed by atoms with Crippen LogP contribution in [0, 0.1) is 0 Å². The van der Waals surface area contributed by atoms with Crippen LogP contribution in [0.25, 0.3) is 0 Å². The van der Waals surface area contributed by atoms with Crippen LogP contribution in [0.1, 0.15) is 11.1 Å². The molecule has 1 fully saturated rings. The summed E-state index contributed by atoms with van der Waals surface area (Å²) in [7, 11) is 0. The highest BCUT2D eigenvalue weighted by molar-refractivity contribution is 6.31. The summed E-state index contributed by atoms with van der Waals surface area (Å²) in [5.74, 6) is 0.147. The third-order valence-corrected chi connectivity index (χ3v) is 4.96. The Labute approximate surface area is 152 Å². The van der Waals surface area contributed by atoms with Gasteiger partial charge in [-0.1, -0.05) is 53.5 Å². The van der Waals surface area contributed by atoms with Crippen molar-refractivity contribution in [2.24, 2.45) is 0 Å². The Hall–Kier alpha value is -1.55. The number of hydrogen-bond acceptors (Lipinski definition) is 2. The predicted octanol–water partition coefficient (Wildman–Crippen LogP) is 3.88. The van der Waals surface area contributed by atoms with Crippen LogP contribution >= 0.6 is 23.2 Å². The highest BCUT2D eigenvalue weighted by atomic mass is 35.5. The van der Waals surface area contributed by atoms with Crippen LogP contribution in [0.2, 0.25) is 10.0 Å². The van der Waals surface area contributed by atoms with Crippen molar-refractivity contribution in [1.82, 2.24) is 9.80 Å². The lowest BCUT2D eigenvalue weighted by Gasteiger charge is -2.35. The van der Waals surface area contributed by atoms with Crippen molar-refractivity contribution in [3.63, 3.8) is 0 Å². The van der Waals surface area contributed by atoms with Gasteiger partial charge in [0.2, 0.25) is 5.91 Å². The van der Waals surface area contributed by atoms with Gasteiger partial charge in [-0.25, -0.2) is 0 Å². The topological polar surface area (TPSA) is 23.6 Å². The van der Waals surface area contributed by atoms with Crippen LogP contribution in [0.15, 0.2) is 48.5 Å². The van der Waals surface area contributed by atoms with Crippen LogP contribution < -0.4 is 0 Å². The van der Waals surface area contributed by atoms with Gasteiger partial charge >= 0.3 is 0 Å². The number of rotatable bonds is 4. The monoisotopic (exact) mass is 362 g/mol. The van der Waals surface area contributed by atoms with Gasteiger partial charge in [0.25, 0.3) is 0 Å². The first kappa shape index (κ1) is 17.3. The highest BCUT2D eigenvalue weighted by Crippen LogP contribution is 2.17. The van der Waals surface area contributed by atoms with E-state index >= 15 is 0 Å². The number of amides is 1. The van der Waals surface area contributed by atoms with E-state index in [0.717, 1.165) is 43.3 Å². The third kappa shape index (κ3) is 4.50. The second-order valence-corrected chi connectivity index (χ2v) is 6.90. The summed E-state index contributed by atoms with van der Waals surface area (Å²) in [6, 6.07) is 15.5. The Bertz CT molecular complexity index is 695. The Kier molecular flexibility index (Phi) is 5.77. The van der Waals surface area contributed by atoms with Crippen molar-refractivity contribution >= 4 is 29.1 Å². The minimum Gasteiger partial charge on any atom is -0.340 e. The van der Waals surface area contributed by atoms with Crippen molar-refractivity contribution in [2.75, 3.05) is 26.2 Å². The maximum Gasteiger partial charge on any atom is 0.227 e. The van der Waals surface area contributed by atoms with Gasteiger partial charge in [-0.15, -0.1) is 0 Å². The maximum atomic E-state index is 12.5. The molecule has 1 saturated heterocycles. The van der Waals surface area contributed by atoms with Crippen LogP contribution in [0.3, 0.4) is 0 Å². The molecule has 1 amide bonds. The number of halogens is 2. The SMILES string of the molecule is O=C(Cc1ccccc1Cl)N1CCN(Cc2ccc(Cl)cc2)CC1. The number of piperazine rings is 1. The Morgan fingerprint density at radius 1 is 0.917 bits per heavy atom. The molecular weight excluding hydrogens is 343 g/mol. The van der Waals surface area contributed by atoms with Gasteiger partial charge < -0.3 is 4.90 Å². The molecule has 0 radical (unpaired) electrons. The fourth-order valence-electron chi connectivity index (χ4n) is 2.92. The van der Waals surface area contributed by atoms with Crippen molar-refractivity contribution in [3.05, 3.63) is 69.7 Å². The molecule has 1 aliphatic heterocycles. The van der Waals surface area contributed by atoms with E-state index in [2.05, 4.69) is 17.0 Å². The number of carbonyl (C=O) groups is 1. The third-order valence-electron chi connectivity index (χ3n) is 4.34. The van der Waals surface area contributed by atoms with E-state index in [-0.39, 0.29) is 5.91 Å². The molecule has 3 rings (SSSR count). The van der Waals surface area contributed by atoms with Crippen LogP contribution in [-0.2, 0) is 17.8 Å². The lowest BCUT2D eigenvalue weighted by molar-refractivity contribution is -0.132. The second kappa shape index (κ2) is 8.02. The second-order valence-electron chi connectivity index (χ2n) is 6.05. The quantitative estimate of drug-likeness (QED) is 0.823. The predicted molar refractivity (Wildman–Crippen MR) is 98.5 cm³/mol. The zero-order valence-electron chi connectivity index (χ0n) is 13.4. The van der Waals surface area contributed by atoms with Crippen molar-refractivity contribution in [2.45, 2.75) is 13.0 Å². The van der Waals surface area contributed by atoms with Gasteiger partial charge in [-0.05, 0) is 29.3 Å². The summed E-state index contributed by atoms with van der Waals surface area (Å²) in [5, 5.41) is 1.42. The molecule has 2 aromatic carbocycles. The minimum absolute atomic E-state index is 0.147. The average Bonchev–Trinajstić information content (AvgIpc) is 2.59. The van der Waals surface area contributed by atoms with Crippen molar-refractivity contribution < 1.29 is 4.79 Å². The molecule has 0 spiro atoms. The molecule has 0 aromatic heterocycles. The van der Waals surface area contributed by atoms with Gasteiger partial charge in [0.05, 0.1) is 6.42 Å². The van der Waals surface area contributed by atoms with E-state index in [1.807, 2.05) is 41.3 Å². The molecule has 126 valence electrons. The fourth-order valence-corrected chi connectivity index (χ4v) is 3.25. The van der Waals surface area contributed by atoms with Crippen molar-refractivity contribution in [1.29, 1.82) is 0 Å². The van der Waals surface area contributed by atoms with Gasteiger partial charge in [-0.3, -0.25) is 9.69 Å². The van der Waals surface area contributed by atoms with E-state index in [1.165, 1.54) is 5.56 Å². The standard InChI is InChI=1S/C19H20Cl2N2O/c20-17-7-5-15(6-8-17)14-22-9-11-23(12-10-22)19(24)13-16-3-1-2-4-18(16)21/h1-8H,9-14H2. The summed E-state index contributed by atoms with van der Waals surface area (Å²) < 4.78 is 0. The molecule has 0 bridgehead atoms. The molecule has 3 nitrogen and oxygen atoms in total. The molecule has 5 heteroatoms. The number of hydrogen-bond donors (Lipinski definition) is 0. The first-order valence-corrected chi connectivity index (χ1v) is 8.85. The van der Waals surface area contributed by atoms with Crippen LogP contribution in [-0.4, -0.2) is 41.9 Å². The summed E-state index contributed by atoms with van der Waals surface area (Å²) in [6.07, 6.45) is 0.372. The molecule has 0 unspecified atom stereocenters. The molecule has 0 N–H and O–H groups in total. The van der Waals surface area contributed by atoms with E-state index < -0.39 is 0 Å². The zero-order valence-corrected chi connectivity index (χ0v) is 14.9. The molecule has 2 aromatic rings. The van der Waals surface area contributed by atoms with E-state index in [1.54, 1.807) is 0 Å². The summed E-state index contributed by atoms with van der Waals surface area (Å²) in [5.41, 5.74) is 2.14. The summed E-state index contributed by atoms with van der Waals surface area (Å²) >= 11 is 12.1. The molecule has 1 heterocycles. The molecule has 1 aliphatic rings. The van der Waals surface area contributed by atoms with E-state index in [0.29, 0.717) is 11.4 Å². The molecule has 24 heavy (non-hydrogen) atoms. The maximum absolute atomic E-state index is 12.5. The summed E-state index contributed by atoms with van der Waals surface area (Å²) in [6.45, 7) is 4.19. The van der Waals surface area contributed by atoms with Gasteiger partial charge in [-0.2, -0.15) is 0 Å². The highest BCUT2D eigenvalue weighted by Gasteiger charge is 2.21. The Balaban J connectivity index is 1.50. The molecule has 0 atom stereocenters. The molecular formula is C19H20Cl2N2O. The minimum atomic E-state index is 0.147. The zero-order chi connectivity index (χ0) is 16.9. The largest absolute Gasteiger partial charge is 0.340 e. The van der Waals surface area contributed by atoms with Gasteiger partial charge in [0.1, 0.15) is 0 Å². The van der Waals surface area contributed by atoms with E-state index in [9.17, 15) is 4.79 Å². The average molecular weight is 363 g/mol. The first-order valence-electron chi connectivity index (χ1n) is 8.10. The Morgan fingerprint density at radius 2 is 1.58 bits per heavy atom. The smallest absolute Gasteiger partial charge is 0.227 e. The fraction of sp³-hybridized carbons (Fsp3) is 0.316. The number of carbonyl (C=O) groups excluding carboxylic acids is 1. The Morgan fingerprint density at radius 3 is 2.25 bits per heavy atom. The number of benzene rings is 2. The van der Waals surface area contributed by atoms with Gasteiger partial charge in [0, 0.05) is 42.8 Å². The van der Waals surface area contributed by atoms with Crippen molar-refractivity contribution in [3.8, 4) is 0 Å².